The number of nitrogens with zero attached hydrogens (tertiary/aromatic N) is 1. The summed E-state index contributed by atoms with van der Waals surface area (Å²) in [4.78, 5) is 29.4. The SMILES string of the molecule is O=C1c2cccc(O)c2C(=O)c2nc(-c3ccco3)sc21. The van der Waals surface area contributed by atoms with Crippen LogP contribution < -0.4 is 0 Å². The Morgan fingerprint density at radius 2 is 1.95 bits per heavy atom. The third-order valence-corrected chi connectivity index (χ3v) is 4.36. The first kappa shape index (κ1) is 12.0. The molecule has 1 aliphatic rings. The normalized spacial score (nSPS) is 13.1. The molecule has 102 valence electrons. The van der Waals surface area contributed by atoms with Gasteiger partial charge in [0.05, 0.1) is 11.8 Å². The molecular weight excluding hydrogens is 290 g/mol. The highest BCUT2D eigenvalue weighted by atomic mass is 32.1. The topological polar surface area (TPSA) is 80.4 Å². The molecule has 0 aliphatic heterocycles. The third kappa shape index (κ3) is 1.59. The van der Waals surface area contributed by atoms with E-state index in [0.717, 1.165) is 11.3 Å². The lowest BCUT2D eigenvalue weighted by Gasteiger charge is -2.13. The zero-order chi connectivity index (χ0) is 14.6. The van der Waals surface area contributed by atoms with E-state index in [1.165, 1.54) is 18.4 Å². The summed E-state index contributed by atoms with van der Waals surface area (Å²) in [7, 11) is 0. The van der Waals surface area contributed by atoms with E-state index in [1.54, 1.807) is 18.2 Å². The maximum atomic E-state index is 12.5. The summed E-state index contributed by atoms with van der Waals surface area (Å²) < 4.78 is 5.24. The number of carbonyl (C=O) groups is 2. The van der Waals surface area contributed by atoms with Crippen LogP contribution in [0.1, 0.15) is 31.3 Å². The number of furan rings is 1. The van der Waals surface area contributed by atoms with Gasteiger partial charge in [-0.05, 0) is 24.3 Å². The molecule has 0 radical (unpaired) electrons. The molecular formula is C15H7NO4S. The number of fused-ring (bicyclic) bond motifs is 2. The van der Waals surface area contributed by atoms with Gasteiger partial charge < -0.3 is 9.52 Å². The van der Waals surface area contributed by atoms with Crippen molar-refractivity contribution in [2.24, 2.45) is 0 Å². The first-order chi connectivity index (χ1) is 10.2. The van der Waals surface area contributed by atoms with Crippen LogP contribution in [-0.4, -0.2) is 21.7 Å². The minimum atomic E-state index is -0.438. The Labute approximate surface area is 122 Å². The molecule has 0 fully saturated rings. The fraction of sp³-hybridized carbons (Fsp3) is 0. The second-order valence-corrected chi connectivity index (χ2v) is 5.53. The average Bonchev–Trinajstić information content (AvgIpc) is 3.13. The highest BCUT2D eigenvalue weighted by Gasteiger charge is 2.35. The second kappa shape index (κ2) is 4.13. The first-order valence-corrected chi connectivity index (χ1v) is 6.94. The Morgan fingerprint density at radius 3 is 2.71 bits per heavy atom. The van der Waals surface area contributed by atoms with Crippen molar-refractivity contribution in [3.05, 3.63) is 58.3 Å². The van der Waals surface area contributed by atoms with E-state index in [9.17, 15) is 14.7 Å². The molecule has 0 bridgehead atoms. The van der Waals surface area contributed by atoms with E-state index in [1.807, 2.05) is 0 Å². The monoisotopic (exact) mass is 297 g/mol. The van der Waals surface area contributed by atoms with Crippen LogP contribution in [0.2, 0.25) is 0 Å². The van der Waals surface area contributed by atoms with Crippen molar-refractivity contribution >= 4 is 22.9 Å². The Kier molecular flexibility index (Phi) is 2.37. The fourth-order valence-electron chi connectivity index (χ4n) is 2.34. The first-order valence-electron chi connectivity index (χ1n) is 6.13. The number of thiazole rings is 1. The van der Waals surface area contributed by atoms with Gasteiger partial charge >= 0.3 is 0 Å². The number of phenols is 1. The number of aromatic hydroxyl groups is 1. The van der Waals surface area contributed by atoms with E-state index in [-0.39, 0.29) is 33.2 Å². The van der Waals surface area contributed by atoms with Gasteiger partial charge in [-0.15, -0.1) is 11.3 Å². The summed E-state index contributed by atoms with van der Waals surface area (Å²) in [6.45, 7) is 0. The van der Waals surface area contributed by atoms with E-state index in [0.29, 0.717) is 10.8 Å². The molecule has 1 aromatic carbocycles. The van der Waals surface area contributed by atoms with Crippen molar-refractivity contribution in [3.8, 4) is 16.5 Å². The number of hydrogen-bond acceptors (Lipinski definition) is 6. The fourth-order valence-corrected chi connectivity index (χ4v) is 3.33. The number of carbonyl (C=O) groups excluding carboxylic acids is 2. The zero-order valence-electron chi connectivity index (χ0n) is 10.5. The molecule has 2 heterocycles. The van der Waals surface area contributed by atoms with Crippen molar-refractivity contribution in [3.63, 3.8) is 0 Å². The molecule has 6 heteroatoms. The Balaban J connectivity index is 1.96. The number of phenolic OH excluding ortho intramolecular Hbond substituents is 1. The minimum Gasteiger partial charge on any atom is -0.507 e. The van der Waals surface area contributed by atoms with Gasteiger partial charge in [-0.2, -0.15) is 0 Å². The molecule has 0 saturated heterocycles. The van der Waals surface area contributed by atoms with Gasteiger partial charge in [-0.1, -0.05) is 6.07 Å². The van der Waals surface area contributed by atoms with Crippen LogP contribution >= 0.6 is 11.3 Å². The summed E-state index contributed by atoms with van der Waals surface area (Å²) in [6.07, 6.45) is 1.50. The van der Waals surface area contributed by atoms with Crippen LogP contribution in [0.15, 0.2) is 41.0 Å². The number of hydrogen-bond donors (Lipinski definition) is 1. The molecule has 5 nitrogen and oxygen atoms in total. The standard InChI is InChI=1S/C15H7NO4S/c17-8-4-1-3-7-10(8)13(19)11-14(12(7)18)21-15(16-11)9-5-2-6-20-9/h1-6,17H. The van der Waals surface area contributed by atoms with Gasteiger partial charge in [0.2, 0.25) is 11.6 Å². The van der Waals surface area contributed by atoms with Crippen molar-refractivity contribution in [1.82, 2.24) is 4.98 Å². The molecule has 1 N–H and O–H groups in total. The number of rotatable bonds is 1. The largest absolute Gasteiger partial charge is 0.507 e. The van der Waals surface area contributed by atoms with Crippen molar-refractivity contribution < 1.29 is 19.1 Å². The number of ketones is 2. The molecule has 0 atom stereocenters. The van der Waals surface area contributed by atoms with E-state index in [2.05, 4.69) is 4.98 Å². The maximum Gasteiger partial charge on any atom is 0.217 e. The molecule has 0 saturated carbocycles. The maximum absolute atomic E-state index is 12.5. The van der Waals surface area contributed by atoms with Crippen LogP contribution in [0.5, 0.6) is 5.75 Å². The Morgan fingerprint density at radius 1 is 1.10 bits per heavy atom. The lowest BCUT2D eigenvalue weighted by atomic mass is 9.91. The van der Waals surface area contributed by atoms with Crippen LogP contribution in [-0.2, 0) is 0 Å². The molecule has 1 aliphatic carbocycles. The van der Waals surface area contributed by atoms with E-state index < -0.39 is 5.78 Å². The van der Waals surface area contributed by atoms with E-state index in [4.69, 9.17) is 4.42 Å². The smallest absolute Gasteiger partial charge is 0.217 e. The molecule has 2 aromatic heterocycles. The molecule has 0 amide bonds. The average molecular weight is 297 g/mol. The van der Waals surface area contributed by atoms with Crippen molar-refractivity contribution in [2.45, 2.75) is 0 Å². The highest BCUT2D eigenvalue weighted by Crippen LogP contribution is 2.37. The van der Waals surface area contributed by atoms with Gasteiger partial charge in [0, 0.05) is 5.56 Å². The molecule has 0 unspecified atom stereocenters. The highest BCUT2D eigenvalue weighted by molar-refractivity contribution is 7.17. The van der Waals surface area contributed by atoms with Crippen LogP contribution in [0.25, 0.3) is 10.8 Å². The predicted molar refractivity (Wildman–Crippen MR) is 74.8 cm³/mol. The zero-order valence-corrected chi connectivity index (χ0v) is 11.3. The third-order valence-electron chi connectivity index (χ3n) is 3.29. The van der Waals surface area contributed by atoms with Gasteiger partial charge in [0.1, 0.15) is 16.3 Å². The second-order valence-electron chi connectivity index (χ2n) is 4.53. The summed E-state index contributed by atoms with van der Waals surface area (Å²) in [5.41, 5.74) is 0.304. The summed E-state index contributed by atoms with van der Waals surface area (Å²) >= 11 is 1.12. The van der Waals surface area contributed by atoms with Crippen LogP contribution in [0.4, 0.5) is 0 Å². The van der Waals surface area contributed by atoms with E-state index >= 15 is 0 Å². The van der Waals surface area contributed by atoms with Gasteiger partial charge in [0.25, 0.3) is 0 Å². The lowest BCUT2D eigenvalue weighted by Crippen LogP contribution is -2.19. The molecule has 4 rings (SSSR count). The van der Waals surface area contributed by atoms with Crippen LogP contribution in [0, 0.1) is 0 Å². The minimum absolute atomic E-state index is 0.0197. The van der Waals surface area contributed by atoms with Gasteiger partial charge in [0.15, 0.2) is 10.8 Å². The van der Waals surface area contributed by atoms with Gasteiger partial charge in [-0.3, -0.25) is 9.59 Å². The Hall–Kier alpha value is -2.73. The predicted octanol–water partition coefficient (Wildman–Crippen LogP) is 2.88. The summed E-state index contributed by atoms with van der Waals surface area (Å²) in [5, 5.41) is 10.3. The summed E-state index contributed by atoms with van der Waals surface area (Å²) in [5.74, 6) is -0.440. The Bertz CT molecular complexity index is 893. The number of aromatic nitrogens is 1. The van der Waals surface area contributed by atoms with Crippen molar-refractivity contribution in [2.75, 3.05) is 0 Å². The lowest BCUT2D eigenvalue weighted by molar-refractivity contribution is 0.0976. The van der Waals surface area contributed by atoms with Crippen LogP contribution in [0.3, 0.4) is 0 Å². The molecule has 3 aromatic rings. The number of benzene rings is 1. The molecule has 21 heavy (non-hydrogen) atoms. The summed E-state index contributed by atoms with van der Waals surface area (Å²) in [6, 6.07) is 7.88. The van der Waals surface area contributed by atoms with Crippen molar-refractivity contribution in [1.29, 1.82) is 0 Å². The quantitative estimate of drug-likeness (QED) is 0.584. The molecule has 0 spiro atoms. The van der Waals surface area contributed by atoms with Gasteiger partial charge in [-0.25, -0.2) is 4.98 Å².